The largest absolute Gasteiger partial charge is 0.494 e. The molecule has 0 bridgehead atoms. The first-order chi connectivity index (χ1) is 14.5. The molecule has 0 saturated heterocycles. The highest BCUT2D eigenvalue weighted by Gasteiger charge is 2.11. The molecular weight excluding hydrogens is 381 g/mol. The van der Waals surface area contributed by atoms with Gasteiger partial charge in [-0.3, -0.25) is 4.90 Å². The molecule has 0 aromatic heterocycles. The molecule has 2 aromatic carbocycles. The Morgan fingerprint density at radius 2 is 1.70 bits per heavy atom. The van der Waals surface area contributed by atoms with Crippen LogP contribution < -0.4 is 15.0 Å². The summed E-state index contributed by atoms with van der Waals surface area (Å²) in [5, 5.41) is 2.74. The Morgan fingerprint density at radius 1 is 1.03 bits per heavy atom. The first-order valence-electron chi connectivity index (χ1n) is 10.3. The Balaban J connectivity index is 1.68. The van der Waals surface area contributed by atoms with E-state index in [0.717, 1.165) is 37.4 Å². The molecule has 5 nitrogen and oxygen atoms in total. The van der Waals surface area contributed by atoms with Crippen molar-refractivity contribution in [1.29, 1.82) is 0 Å². The smallest absolute Gasteiger partial charge is 0.326 e. The number of carbonyl (C=O) groups is 1. The maximum Gasteiger partial charge on any atom is 0.326 e. The Hall–Kier alpha value is -2.86. The summed E-state index contributed by atoms with van der Waals surface area (Å²) >= 11 is 0. The highest BCUT2D eigenvalue weighted by Crippen LogP contribution is 2.20. The summed E-state index contributed by atoms with van der Waals surface area (Å²) in [5.74, 6) is 0.449. The molecule has 0 saturated carbocycles. The van der Waals surface area contributed by atoms with Gasteiger partial charge in [-0.15, -0.1) is 6.58 Å². The molecule has 1 N–H and O–H groups in total. The molecule has 2 amide bonds. The number of unbranched alkanes of at least 4 members (excludes halogenated alkanes) is 3. The van der Waals surface area contributed by atoms with E-state index in [9.17, 15) is 9.18 Å². The fourth-order valence-corrected chi connectivity index (χ4v) is 2.96. The molecule has 2 rings (SSSR count). The SMILES string of the molecule is C=CCN(C)CCCCCCOc1ccc(N(C)C(=O)Nc2ccc(F)cc2)cc1. The number of nitrogens with zero attached hydrogens (tertiary/aromatic N) is 2. The highest BCUT2D eigenvalue weighted by atomic mass is 19.1. The van der Waals surface area contributed by atoms with Crippen LogP contribution in [0.3, 0.4) is 0 Å². The minimum Gasteiger partial charge on any atom is -0.494 e. The molecule has 0 spiro atoms. The van der Waals surface area contributed by atoms with Crippen LogP contribution in [0.5, 0.6) is 5.75 Å². The van der Waals surface area contributed by atoms with Crippen LogP contribution >= 0.6 is 0 Å². The van der Waals surface area contributed by atoms with Gasteiger partial charge in [0.05, 0.1) is 6.61 Å². The summed E-state index contributed by atoms with van der Waals surface area (Å²) in [6.07, 6.45) is 6.47. The first kappa shape index (κ1) is 23.4. The van der Waals surface area contributed by atoms with Crippen molar-refractivity contribution in [2.45, 2.75) is 25.7 Å². The van der Waals surface area contributed by atoms with Gasteiger partial charge in [-0.05, 0) is 75.0 Å². The molecule has 0 radical (unpaired) electrons. The van der Waals surface area contributed by atoms with Gasteiger partial charge in [0.2, 0.25) is 0 Å². The fraction of sp³-hybridized carbons (Fsp3) is 0.375. The standard InChI is InChI=1S/C24H32FN3O2/c1-4-17-27(2)18-7-5-6-8-19-30-23-15-13-22(14-16-23)28(3)24(29)26-21-11-9-20(25)10-12-21/h4,9-16H,1,5-8,17-19H2,2-3H3,(H,26,29). The molecule has 6 heteroatoms. The van der Waals surface area contributed by atoms with Gasteiger partial charge in [0.15, 0.2) is 0 Å². The number of amides is 2. The number of likely N-dealkylation sites (N-methyl/N-ethyl adjacent to an activating group) is 1. The lowest BCUT2D eigenvalue weighted by atomic mass is 10.2. The Labute approximate surface area is 179 Å². The number of benzene rings is 2. The van der Waals surface area contributed by atoms with Crippen molar-refractivity contribution < 1.29 is 13.9 Å². The van der Waals surface area contributed by atoms with Crippen LogP contribution in [0.1, 0.15) is 25.7 Å². The maximum absolute atomic E-state index is 13.0. The molecule has 0 heterocycles. The van der Waals surface area contributed by atoms with E-state index in [-0.39, 0.29) is 11.8 Å². The van der Waals surface area contributed by atoms with Gasteiger partial charge in [0.25, 0.3) is 0 Å². The molecule has 0 aliphatic heterocycles. The topological polar surface area (TPSA) is 44.8 Å². The van der Waals surface area contributed by atoms with Crippen molar-refractivity contribution in [1.82, 2.24) is 4.90 Å². The average Bonchev–Trinajstić information content (AvgIpc) is 2.74. The zero-order valence-corrected chi connectivity index (χ0v) is 17.9. The lowest BCUT2D eigenvalue weighted by Gasteiger charge is -2.18. The number of urea groups is 1. The number of hydrogen-bond acceptors (Lipinski definition) is 3. The van der Waals surface area contributed by atoms with Crippen LogP contribution in [0.25, 0.3) is 0 Å². The summed E-state index contributed by atoms with van der Waals surface area (Å²) in [6, 6.07) is 12.8. The minimum absolute atomic E-state index is 0.297. The van der Waals surface area contributed by atoms with E-state index in [1.54, 1.807) is 7.05 Å². The zero-order chi connectivity index (χ0) is 21.8. The van der Waals surface area contributed by atoms with Crippen LogP contribution in [-0.2, 0) is 0 Å². The monoisotopic (exact) mass is 413 g/mol. The Bertz CT molecular complexity index is 778. The zero-order valence-electron chi connectivity index (χ0n) is 17.9. The number of hydrogen-bond donors (Lipinski definition) is 1. The third-order valence-corrected chi connectivity index (χ3v) is 4.77. The van der Waals surface area contributed by atoms with Crippen LogP contribution in [-0.4, -0.2) is 44.7 Å². The van der Waals surface area contributed by atoms with Crippen LogP contribution in [0.4, 0.5) is 20.6 Å². The number of nitrogens with one attached hydrogen (secondary N) is 1. The fourth-order valence-electron chi connectivity index (χ4n) is 2.96. The summed E-state index contributed by atoms with van der Waals surface area (Å²) in [4.78, 5) is 16.1. The molecule has 162 valence electrons. The molecule has 0 aliphatic rings. The van der Waals surface area contributed by atoms with Crippen molar-refractivity contribution in [3.8, 4) is 5.75 Å². The second kappa shape index (κ2) is 12.6. The summed E-state index contributed by atoms with van der Waals surface area (Å²) in [5.41, 5.74) is 1.28. The molecule has 2 aromatic rings. The van der Waals surface area contributed by atoms with Gasteiger partial charge in [-0.25, -0.2) is 9.18 Å². The Morgan fingerprint density at radius 3 is 2.37 bits per heavy atom. The van der Waals surface area contributed by atoms with Crippen molar-refractivity contribution in [2.24, 2.45) is 0 Å². The van der Waals surface area contributed by atoms with E-state index in [1.807, 2.05) is 30.3 Å². The van der Waals surface area contributed by atoms with Crippen LogP contribution in [0, 0.1) is 5.82 Å². The second-order valence-electron chi connectivity index (χ2n) is 7.30. The summed E-state index contributed by atoms with van der Waals surface area (Å²) in [6.45, 7) is 6.46. The van der Waals surface area contributed by atoms with Crippen molar-refractivity contribution in [3.63, 3.8) is 0 Å². The van der Waals surface area contributed by atoms with Crippen molar-refractivity contribution in [3.05, 3.63) is 67.0 Å². The van der Waals surface area contributed by atoms with Gasteiger partial charge in [0, 0.05) is 25.0 Å². The third-order valence-electron chi connectivity index (χ3n) is 4.77. The van der Waals surface area contributed by atoms with E-state index >= 15 is 0 Å². The number of ether oxygens (including phenoxy) is 1. The number of halogens is 1. The minimum atomic E-state index is -0.340. The molecular formula is C24H32FN3O2. The van der Waals surface area contributed by atoms with Crippen molar-refractivity contribution >= 4 is 17.4 Å². The lowest BCUT2D eigenvalue weighted by Crippen LogP contribution is -2.31. The van der Waals surface area contributed by atoms with E-state index in [1.165, 1.54) is 42.0 Å². The normalized spacial score (nSPS) is 10.7. The molecule has 0 atom stereocenters. The van der Waals surface area contributed by atoms with Gasteiger partial charge in [-0.2, -0.15) is 0 Å². The van der Waals surface area contributed by atoms with Gasteiger partial charge < -0.3 is 15.0 Å². The summed E-state index contributed by atoms with van der Waals surface area (Å²) < 4.78 is 18.8. The number of anilines is 2. The Kier molecular flexibility index (Phi) is 9.87. The summed E-state index contributed by atoms with van der Waals surface area (Å²) in [7, 11) is 3.79. The predicted molar refractivity (Wildman–Crippen MR) is 122 cm³/mol. The van der Waals surface area contributed by atoms with E-state index in [4.69, 9.17) is 4.74 Å². The second-order valence-corrected chi connectivity index (χ2v) is 7.30. The molecule has 30 heavy (non-hydrogen) atoms. The third kappa shape index (κ3) is 8.25. The molecule has 0 aliphatic carbocycles. The van der Waals surface area contributed by atoms with Crippen LogP contribution in [0.15, 0.2) is 61.2 Å². The van der Waals surface area contributed by atoms with Gasteiger partial charge in [0.1, 0.15) is 11.6 Å². The van der Waals surface area contributed by atoms with E-state index in [2.05, 4.69) is 23.8 Å². The average molecular weight is 414 g/mol. The predicted octanol–water partition coefficient (Wildman–Crippen LogP) is 5.55. The highest BCUT2D eigenvalue weighted by molar-refractivity contribution is 6.01. The number of carbonyl (C=O) groups excluding carboxylic acids is 1. The lowest BCUT2D eigenvalue weighted by molar-refractivity contribution is 0.258. The molecule has 0 fully saturated rings. The van der Waals surface area contributed by atoms with E-state index < -0.39 is 0 Å². The van der Waals surface area contributed by atoms with E-state index in [0.29, 0.717) is 12.3 Å². The molecule has 0 unspecified atom stereocenters. The van der Waals surface area contributed by atoms with Crippen molar-refractivity contribution in [2.75, 3.05) is 44.0 Å². The first-order valence-corrected chi connectivity index (χ1v) is 10.3. The van der Waals surface area contributed by atoms with Crippen LogP contribution in [0.2, 0.25) is 0 Å². The number of rotatable bonds is 12. The quantitative estimate of drug-likeness (QED) is 0.366. The maximum atomic E-state index is 13.0. The van der Waals surface area contributed by atoms with Gasteiger partial charge >= 0.3 is 6.03 Å². The van der Waals surface area contributed by atoms with Gasteiger partial charge in [-0.1, -0.05) is 18.9 Å².